The van der Waals surface area contributed by atoms with Gasteiger partial charge in [-0.2, -0.15) is 5.10 Å². The topological polar surface area (TPSA) is 41.0 Å². The van der Waals surface area contributed by atoms with Gasteiger partial charge in [0, 0.05) is 24.7 Å². The first-order valence-corrected chi connectivity index (χ1v) is 6.80. The van der Waals surface area contributed by atoms with Crippen molar-refractivity contribution in [2.75, 3.05) is 11.4 Å². The monoisotopic (exact) mass is 248 g/mol. The van der Waals surface area contributed by atoms with E-state index >= 15 is 0 Å². The maximum atomic E-state index is 4.35. The summed E-state index contributed by atoms with van der Waals surface area (Å²) in [5.41, 5.74) is 1.12. The Kier molecular flexibility index (Phi) is 3.85. The van der Waals surface area contributed by atoms with Crippen LogP contribution in [-0.2, 0) is 6.54 Å². The van der Waals surface area contributed by atoms with Gasteiger partial charge >= 0.3 is 0 Å². The molecule has 1 atom stereocenters. The summed E-state index contributed by atoms with van der Waals surface area (Å²) in [7, 11) is 0. The van der Waals surface area contributed by atoms with Gasteiger partial charge in [0.1, 0.15) is 0 Å². The summed E-state index contributed by atoms with van der Waals surface area (Å²) >= 11 is 0. The van der Waals surface area contributed by atoms with E-state index in [0.717, 1.165) is 24.6 Å². The van der Waals surface area contributed by atoms with Crippen LogP contribution in [-0.4, -0.2) is 28.3 Å². The number of hydrogen-bond donors (Lipinski definition) is 1. The van der Waals surface area contributed by atoms with Gasteiger partial charge in [0.25, 0.3) is 0 Å². The molecule has 4 nitrogen and oxygen atoms in total. The van der Waals surface area contributed by atoms with Crippen LogP contribution in [0.1, 0.15) is 46.2 Å². The lowest BCUT2D eigenvalue weighted by atomic mass is 10.1. The molecule has 0 saturated carbocycles. The number of hydrogen-bond acceptors (Lipinski definition) is 4. The highest BCUT2D eigenvalue weighted by molar-refractivity contribution is 5.39. The van der Waals surface area contributed by atoms with Gasteiger partial charge in [0.05, 0.1) is 5.69 Å². The third-order valence-corrected chi connectivity index (χ3v) is 3.35. The van der Waals surface area contributed by atoms with Crippen LogP contribution in [0.2, 0.25) is 0 Å². The highest BCUT2D eigenvalue weighted by Crippen LogP contribution is 2.22. The predicted molar refractivity (Wildman–Crippen MR) is 74.7 cm³/mol. The summed E-state index contributed by atoms with van der Waals surface area (Å²) in [6.45, 7) is 10.6. The van der Waals surface area contributed by atoms with Crippen molar-refractivity contribution < 1.29 is 0 Å². The molecule has 18 heavy (non-hydrogen) atoms. The second kappa shape index (κ2) is 5.22. The standard InChI is InChI=1S/C14H24N4/c1-11-6-5-9-18(11)13-8-7-12(16-17-13)10-15-14(2,3)4/h7-8,11,15H,5-6,9-10H2,1-4H3. The molecule has 1 aliphatic rings. The third kappa shape index (κ3) is 3.42. The highest BCUT2D eigenvalue weighted by atomic mass is 15.3. The van der Waals surface area contributed by atoms with E-state index in [-0.39, 0.29) is 5.54 Å². The Morgan fingerprint density at radius 2 is 2.11 bits per heavy atom. The molecule has 0 spiro atoms. The average Bonchev–Trinajstić information content (AvgIpc) is 2.73. The number of anilines is 1. The molecule has 100 valence electrons. The van der Waals surface area contributed by atoms with Crippen LogP contribution in [0.25, 0.3) is 0 Å². The Hall–Kier alpha value is -1.16. The van der Waals surface area contributed by atoms with E-state index in [0.29, 0.717) is 6.04 Å². The van der Waals surface area contributed by atoms with Crippen LogP contribution in [0.15, 0.2) is 12.1 Å². The Morgan fingerprint density at radius 1 is 1.33 bits per heavy atom. The van der Waals surface area contributed by atoms with Crippen molar-refractivity contribution >= 4 is 5.82 Å². The zero-order valence-electron chi connectivity index (χ0n) is 11.9. The molecule has 4 heteroatoms. The summed E-state index contributed by atoms with van der Waals surface area (Å²) in [6.07, 6.45) is 2.52. The van der Waals surface area contributed by atoms with Crippen molar-refractivity contribution in [1.29, 1.82) is 0 Å². The van der Waals surface area contributed by atoms with Crippen LogP contribution < -0.4 is 10.2 Å². The zero-order valence-corrected chi connectivity index (χ0v) is 11.9. The lowest BCUT2D eigenvalue weighted by Gasteiger charge is -2.22. The summed E-state index contributed by atoms with van der Waals surface area (Å²) < 4.78 is 0. The van der Waals surface area contributed by atoms with Crippen LogP contribution in [0.5, 0.6) is 0 Å². The molecule has 2 rings (SSSR count). The van der Waals surface area contributed by atoms with Crippen LogP contribution in [0.4, 0.5) is 5.82 Å². The molecule has 1 saturated heterocycles. The smallest absolute Gasteiger partial charge is 0.151 e. The molecule has 1 aromatic heterocycles. The van der Waals surface area contributed by atoms with Gasteiger partial charge in [-0.25, -0.2) is 0 Å². The molecule has 1 unspecified atom stereocenters. The summed E-state index contributed by atoms with van der Waals surface area (Å²) in [5.74, 6) is 1.01. The Morgan fingerprint density at radius 3 is 2.61 bits per heavy atom. The minimum atomic E-state index is 0.115. The average molecular weight is 248 g/mol. The zero-order chi connectivity index (χ0) is 13.2. The van der Waals surface area contributed by atoms with E-state index in [1.165, 1.54) is 12.8 Å². The van der Waals surface area contributed by atoms with Crippen LogP contribution in [0.3, 0.4) is 0 Å². The van der Waals surface area contributed by atoms with Crippen molar-refractivity contribution in [2.24, 2.45) is 0 Å². The molecule has 0 aromatic carbocycles. The SMILES string of the molecule is CC1CCCN1c1ccc(CNC(C)(C)C)nn1. The fourth-order valence-corrected chi connectivity index (χ4v) is 2.23. The molecule has 1 N–H and O–H groups in total. The van der Waals surface area contributed by atoms with Crippen molar-refractivity contribution in [1.82, 2.24) is 15.5 Å². The van der Waals surface area contributed by atoms with Gasteiger partial charge in [0.15, 0.2) is 5.82 Å². The summed E-state index contributed by atoms with van der Waals surface area (Å²) in [6, 6.07) is 4.76. The van der Waals surface area contributed by atoms with Gasteiger partial charge in [0.2, 0.25) is 0 Å². The van der Waals surface area contributed by atoms with Crippen LogP contribution >= 0.6 is 0 Å². The van der Waals surface area contributed by atoms with E-state index in [9.17, 15) is 0 Å². The molecule has 0 amide bonds. The number of rotatable bonds is 3. The number of aromatic nitrogens is 2. The molecule has 0 aliphatic carbocycles. The molecule has 2 heterocycles. The Labute approximate surface area is 110 Å². The van der Waals surface area contributed by atoms with Gasteiger partial charge in [-0.05, 0) is 52.7 Å². The maximum absolute atomic E-state index is 4.35. The highest BCUT2D eigenvalue weighted by Gasteiger charge is 2.21. The fourth-order valence-electron chi connectivity index (χ4n) is 2.23. The summed E-state index contributed by atoms with van der Waals surface area (Å²) in [5, 5.41) is 12.1. The minimum absolute atomic E-state index is 0.115. The second-order valence-corrected chi connectivity index (χ2v) is 6.17. The molecule has 0 radical (unpaired) electrons. The first-order chi connectivity index (χ1) is 8.46. The van der Waals surface area contributed by atoms with Gasteiger partial charge in [-0.15, -0.1) is 5.10 Å². The Bertz CT molecular complexity index is 380. The molecule has 1 aliphatic heterocycles. The first-order valence-electron chi connectivity index (χ1n) is 6.80. The summed E-state index contributed by atoms with van der Waals surface area (Å²) in [4.78, 5) is 2.34. The number of nitrogens with zero attached hydrogens (tertiary/aromatic N) is 3. The van der Waals surface area contributed by atoms with Gasteiger partial charge in [-0.1, -0.05) is 0 Å². The van der Waals surface area contributed by atoms with Crippen molar-refractivity contribution in [3.63, 3.8) is 0 Å². The minimum Gasteiger partial charge on any atom is -0.352 e. The van der Waals surface area contributed by atoms with Gasteiger partial charge < -0.3 is 10.2 Å². The largest absolute Gasteiger partial charge is 0.352 e. The van der Waals surface area contributed by atoms with Crippen molar-refractivity contribution in [3.05, 3.63) is 17.8 Å². The van der Waals surface area contributed by atoms with Crippen molar-refractivity contribution in [2.45, 2.75) is 58.7 Å². The maximum Gasteiger partial charge on any atom is 0.151 e. The van der Waals surface area contributed by atoms with E-state index in [4.69, 9.17) is 0 Å². The predicted octanol–water partition coefficient (Wildman–Crippen LogP) is 2.35. The Balaban J connectivity index is 1.97. The fraction of sp³-hybridized carbons (Fsp3) is 0.714. The second-order valence-electron chi connectivity index (χ2n) is 6.17. The van der Waals surface area contributed by atoms with E-state index in [1.807, 2.05) is 0 Å². The molecule has 1 aromatic rings. The lowest BCUT2D eigenvalue weighted by molar-refractivity contribution is 0.420. The quantitative estimate of drug-likeness (QED) is 0.891. The molecular weight excluding hydrogens is 224 g/mol. The number of nitrogens with one attached hydrogen (secondary N) is 1. The molecular formula is C14H24N4. The van der Waals surface area contributed by atoms with E-state index in [1.54, 1.807) is 0 Å². The third-order valence-electron chi connectivity index (χ3n) is 3.35. The van der Waals surface area contributed by atoms with Crippen molar-refractivity contribution in [3.8, 4) is 0 Å². The first kappa shape index (κ1) is 13.3. The molecule has 1 fully saturated rings. The normalized spacial score (nSPS) is 20.4. The lowest BCUT2D eigenvalue weighted by Crippen LogP contribution is -2.35. The van der Waals surface area contributed by atoms with Gasteiger partial charge in [-0.3, -0.25) is 0 Å². The van der Waals surface area contributed by atoms with E-state index < -0.39 is 0 Å². The molecule has 0 bridgehead atoms. The van der Waals surface area contributed by atoms with E-state index in [2.05, 4.69) is 60.2 Å². The van der Waals surface area contributed by atoms with Crippen LogP contribution in [0, 0.1) is 0 Å².